The van der Waals surface area contributed by atoms with Crippen LogP contribution in [0.25, 0.3) is 11.3 Å². The van der Waals surface area contributed by atoms with Crippen LogP contribution >= 0.6 is 0 Å². The van der Waals surface area contributed by atoms with Crippen LogP contribution in [0, 0.1) is 23.3 Å². The van der Waals surface area contributed by atoms with E-state index in [4.69, 9.17) is 0 Å². The fourth-order valence-corrected chi connectivity index (χ4v) is 2.76. The van der Waals surface area contributed by atoms with Crippen LogP contribution < -0.4 is 0 Å². The second kappa shape index (κ2) is 6.31. The van der Waals surface area contributed by atoms with Gasteiger partial charge < -0.3 is 0 Å². The molecule has 128 valence electrons. The van der Waals surface area contributed by atoms with Crippen LogP contribution in [-0.2, 0) is 5.41 Å². The molecule has 0 bridgehead atoms. The lowest BCUT2D eigenvalue weighted by Crippen LogP contribution is -2.22. The average Bonchev–Trinajstić information content (AvgIpc) is 2.54. The lowest BCUT2D eigenvalue weighted by atomic mass is 9.80. The number of nitrogens with zero attached hydrogens (tertiary/aromatic N) is 1. The number of rotatable bonds is 3. The number of hydrogen-bond acceptors (Lipinski definition) is 1. The Morgan fingerprint density at radius 2 is 1.40 bits per heavy atom. The average molecular weight is 345 g/mol. The highest BCUT2D eigenvalue weighted by atomic mass is 19.1. The van der Waals surface area contributed by atoms with E-state index in [-0.39, 0.29) is 11.1 Å². The summed E-state index contributed by atoms with van der Waals surface area (Å²) in [5, 5.41) is 0. The van der Waals surface area contributed by atoms with E-state index in [2.05, 4.69) is 4.98 Å². The van der Waals surface area contributed by atoms with Gasteiger partial charge in [-0.3, -0.25) is 4.98 Å². The molecule has 0 aliphatic carbocycles. The van der Waals surface area contributed by atoms with Crippen molar-refractivity contribution in [2.75, 3.05) is 0 Å². The summed E-state index contributed by atoms with van der Waals surface area (Å²) in [6.45, 7) is 3.49. The predicted octanol–water partition coefficient (Wildman–Crippen LogP) is 5.63. The largest absolute Gasteiger partial charge is 0.252 e. The molecule has 5 heteroatoms. The zero-order valence-corrected chi connectivity index (χ0v) is 13.7. The molecule has 1 heterocycles. The molecule has 25 heavy (non-hydrogen) atoms. The molecule has 1 nitrogen and oxygen atoms in total. The zero-order valence-electron chi connectivity index (χ0n) is 13.7. The molecule has 3 aromatic rings. The minimum Gasteiger partial charge on any atom is -0.252 e. The molecule has 2 aromatic carbocycles. The summed E-state index contributed by atoms with van der Waals surface area (Å²) in [4.78, 5) is 4.42. The van der Waals surface area contributed by atoms with E-state index in [0.29, 0.717) is 11.4 Å². The first-order valence-corrected chi connectivity index (χ1v) is 7.67. The van der Waals surface area contributed by atoms with Crippen LogP contribution in [0.3, 0.4) is 0 Å². The molecule has 0 fully saturated rings. The van der Waals surface area contributed by atoms with Crippen molar-refractivity contribution < 1.29 is 17.6 Å². The molecular weight excluding hydrogens is 330 g/mol. The first kappa shape index (κ1) is 17.1. The fraction of sp³-hybridized carbons (Fsp3) is 0.150. The van der Waals surface area contributed by atoms with Gasteiger partial charge in [0.05, 0.1) is 11.4 Å². The molecule has 0 atom stereocenters. The topological polar surface area (TPSA) is 12.9 Å². The molecular formula is C20H15F4N. The van der Waals surface area contributed by atoms with Gasteiger partial charge in [0.1, 0.15) is 23.3 Å². The van der Waals surface area contributed by atoms with Gasteiger partial charge in [0, 0.05) is 23.1 Å². The summed E-state index contributed by atoms with van der Waals surface area (Å²) < 4.78 is 54.5. The normalized spacial score (nSPS) is 11.6. The van der Waals surface area contributed by atoms with Crippen molar-refractivity contribution >= 4 is 0 Å². The maximum Gasteiger partial charge on any atom is 0.135 e. The Labute approximate surface area is 143 Å². The SMILES string of the molecule is CC(C)(c1cccc(-c2ccc(F)cc2F)n1)c1ccc(F)cc1F. The van der Waals surface area contributed by atoms with E-state index in [1.165, 1.54) is 18.2 Å². The Balaban J connectivity index is 2.09. The van der Waals surface area contributed by atoms with E-state index < -0.39 is 28.7 Å². The second-order valence-corrected chi connectivity index (χ2v) is 6.28. The molecule has 0 saturated heterocycles. The van der Waals surface area contributed by atoms with Gasteiger partial charge in [-0.1, -0.05) is 26.0 Å². The van der Waals surface area contributed by atoms with Crippen molar-refractivity contribution in [2.45, 2.75) is 19.3 Å². The van der Waals surface area contributed by atoms with Crippen molar-refractivity contribution in [2.24, 2.45) is 0 Å². The number of hydrogen-bond donors (Lipinski definition) is 0. The smallest absolute Gasteiger partial charge is 0.135 e. The highest BCUT2D eigenvalue weighted by Crippen LogP contribution is 2.33. The lowest BCUT2D eigenvalue weighted by molar-refractivity contribution is 0.524. The van der Waals surface area contributed by atoms with Gasteiger partial charge in [-0.25, -0.2) is 17.6 Å². The molecule has 0 unspecified atom stereocenters. The van der Waals surface area contributed by atoms with E-state index in [1.807, 2.05) is 0 Å². The third-order valence-corrected chi connectivity index (χ3v) is 4.20. The Morgan fingerprint density at radius 3 is 2.04 bits per heavy atom. The van der Waals surface area contributed by atoms with Gasteiger partial charge in [0.25, 0.3) is 0 Å². The van der Waals surface area contributed by atoms with Crippen molar-refractivity contribution in [3.8, 4) is 11.3 Å². The summed E-state index contributed by atoms with van der Waals surface area (Å²) in [5.41, 5.74) is 0.353. The first-order valence-electron chi connectivity index (χ1n) is 7.67. The summed E-state index contributed by atoms with van der Waals surface area (Å²) in [6, 6.07) is 11.6. The second-order valence-electron chi connectivity index (χ2n) is 6.28. The minimum atomic E-state index is -0.871. The highest BCUT2D eigenvalue weighted by molar-refractivity contribution is 5.60. The van der Waals surface area contributed by atoms with E-state index in [0.717, 1.165) is 18.2 Å². The summed E-state index contributed by atoms with van der Waals surface area (Å²) in [7, 11) is 0. The third kappa shape index (κ3) is 3.27. The Morgan fingerprint density at radius 1 is 0.760 bits per heavy atom. The fourth-order valence-electron chi connectivity index (χ4n) is 2.76. The molecule has 1 aromatic heterocycles. The van der Waals surface area contributed by atoms with Crippen LogP contribution in [0.15, 0.2) is 54.6 Å². The summed E-state index contributed by atoms with van der Waals surface area (Å²) in [5.74, 6) is -2.74. The van der Waals surface area contributed by atoms with Crippen LogP contribution in [0.4, 0.5) is 17.6 Å². The van der Waals surface area contributed by atoms with Gasteiger partial charge in [-0.2, -0.15) is 0 Å². The van der Waals surface area contributed by atoms with E-state index in [9.17, 15) is 17.6 Å². The van der Waals surface area contributed by atoms with Gasteiger partial charge in [-0.05, 0) is 35.9 Å². The Kier molecular flexibility index (Phi) is 4.33. The molecule has 3 rings (SSSR count). The minimum absolute atomic E-state index is 0.152. The molecule has 0 spiro atoms. The van der Waals surface area contributed by atoms with Crippen LogP contribution in [-0.4, -0.2) is 4.98 Å². The molecule has 0 aliphatic heterocycles. The molecule has 0 radical (unpaired) electrons. The van der Waals surface area contributed by atoms with Crippen molar-refractivity contribution in [3.05, 3.63) is 89.1 Å². The van der Waals surface area contributed by atoms with Crippen LogP contribution in [0.2, 0.25) is 0 Å². The number of halogens is 4. The number of aromatic nitrogens is 1. The zero-order chi connectivity index (χ0) is 18.2. The third-order valence-electron chi connectivity index (χ3n) is 4.20. The van der Waals surface area contributed by atoms with Gasteiger partial charge in [0.2, 0.25) is 0 Å². The van der Waals surface area contributed by atoms with Crippen molar-refractivity contribution in [1.29, 1.82) is 0 Å². The maximum atomic E-state index is 14.2. The van der Waals surface area contributed by atoms with E-state index >= 15 is 0 Å². The number of pyridine rings is 1. The summed E-state index contributed by atoms with van der Waals surface area (Å²) in [6.07, 6.45) is 0. The van der Waals surface area contributed by atoms with Gasteiger partial charge in [-0.15, -0.1) is 0 Å². The van der Waals surface area contributed by atoms with Crippen molar-refractivity contribution in [3.63, 3.8) is 0 Å². The molecule has 0 N–H and O–H groups in total. The van der Waals surface area contributed by atoms with Crippen LogP contribution in [0.1, 0.15) is 25.1 Å². The Hall–Kier alpha value is -2.69. The molecule has 0 amide bonds. The maximum absolute atomic E-state index is 14.2. The lowest BCUT2D eigenvalue weighted by Gasteiger charge is -2.26. The van der Waals surface area contributed by atoms with Crippen LogP contribution in [0.5, 0.6) is 0 Å². The van der Waals surface area contributed by atoms with E-state index in [1.54, 1.807) is 32.0 Å². The monoisotopic (exact) mass is 345 g/mol. The first-order chi connectivity index (χ1) is 11.8. The van der Waals surface area contributed by atoms with Gasteiger partial charge >= 0.3 is 0 Å². The van der Waals surface area contributed by atoms with Crippen molar-refractivity contribution in [1.82, 2.24) is 4.98 Å². The summed E-state index contributed by atoms with van der Waals surface area (Å²) >= 11 is 0. The standard InChI is InChI=1S/C20H15F4N/c1-20(2,15-9-7-13(22)11-17(15)24)19-5-3-4-18(25-19)14-8-6-12(21)10-16(14)23/h3-11H,1-2H3. The highest BCUT2D eigenvalue weighted by Gasteiger charge is 2.28. The Bertz CT molecular complexity index is 935. The quantitative estimate of drug-likeness (QED) is 0.561. The number of benzene rings is 2. The molecule has 0 aliphatic rings. The molecule has 0 saturated carbocycles. The predicted molar refractivity (Wildman–Crippen MR) is 88.1 cm³/mol. The van der Waals surface area contributed by atoms with Gasteiger partial charge in [0.15, 0.2) is 0 Å².